The second-order valence-corrected chi connectivity index (χ2v) is 6.68. The van der Waals surface area contributed by atoms with Gasteiger partial charge in [-0.05, 0) is 43.2 Å². The highest BCUT2D eigenvalue weighted by molar-refractivity contribution is 5.94. The molecule has 8 heteroatoms. The maximum atomic E-state index is 13.5. The van der Waals surface area contributed by atoms with Crippen molar-refractivity contribution in [3.63, 3.8) is 0 Å². The predicted octanol–water partition coefficient (Wildman–Crippen LogP) is 2.60. The van der Waals surface area contributed by atoms with Crippen LogP contribution in [0.25, 0.3) is 11.0 Å². The van der Waals surface area contributed by atoms with E-state index in [2.05, 4.69) is 25.5 Å². The van der Waals surface area contributed by atoms with Gasteiger partial charge in [0.2, 0.25) is 0 Å². The normalized spacial score (nSPS) is 10.7. The summed E-state index contributed by atoms with van der Waals surface area (Å²) >= 11 is 0. The Hall–Kier alpha value is -3.42. The zero-order chi connectivity index (χ0) is 20.6. The van der Waals surface area contributed by atoms with Gasteiger partial charge in [0.1, 0.15) is 5.82 Å². The first kappa shape index (κ1) is 20.3. The van der Waals surface area contributed by atoms with E-state index in [4.69, 9.17) is 0 Å². The van der Waals surface area contributed by atoms with Gasteiger partial charge in [0.05, 0.1) is 17.4 Å². The molecule has 29 heavy (non-hydrogen) atoms. The van der Waals surface area contributed by atoms with Crippen LogP contribution < -0.4 is 16.0 Å². The minimum Gasteiger partial charge on any atom is -0.350 e. The molecule has 0 saturated heterocycles. The van der Waals surface area contributed by atoms with Gasteiger partial charge in [-0.2, -0.15) is 0 Å². The van der Waals surface area contributed by atoms with Crippen molar-refractivity contribution in [3.8, 4) is 0 Å². The molecular formula is C21H24FN5O2. The molecule has 0 saturated carbocycles. The van der Waals surface area contributed by atoms with Gasteiger partial charge < -0.3 is 20.5 Å². The Kier molecular flexibility index (Phi) is 6.78. The highest BCUT2D eigenvalue weighted by Gasteiger charge is 2.08. The Bertz CT molecular complexity index is 1000. The Morgan fingerprint density at radius 3 is 2.62 bits per heavy atom. The number of carbonyl (C=O) groups excluding carboxylic acids is 2. The monoisotopic (exact) mass is 397 g/mol. The van der Waals surface area contributed by atoms with E-state index in [9.17, 15) is 14.0 Å². The number of fused-ring (bicyclic) bond motifs is 1. The molecule has 0 spiro atoms. The number of carbonyl (C=O) groups is 2. The van der Waals surface area contributed by atoms with E-state index in [1.165, 1.54) is 6.07 Å². The fourth-order valence-corrected chi connectivity index (χ4v) is 2.89. The lowest BCUT2D eigenvalue weighted by atomic mass is 10.1. The molecule has 0 radical (unpaired) electrons. The number of imidazole rings is 1. The van der Waals surface area contributed by atoms with Gasteiger partial charge in [-0.3, -0.25) is 4.79 Å². The summed E-state index contributed by atoms with van der Waals surface area (Å²) in [5.74, 6) is -0.794. The van der Waals surface area contributed by atoms with E-state index >= 15 is 0 Å². The van der Waals surface area contributed by atoms with Crippen molar-refractivity contribution in [2.75, 3.05) is 19.6 Å². The van der Waals surface area contributed by atoms with Gasteiger partial charge in [-0.15, -0.1) is 0 Å². The number of nitrogens with zero attached hydrogens (tertiary/aromatic N) is 2. The topological polar surface area (TPSA) is 88.0 Å². The quantitative estimate of drug-likeness (QED) is 0.511. The van der Waals surface area contributed by atoms with Crippen molar-refractivity contribution in [2.24, 2.45) is 0 Å². The predicted molar refractivity (Wildman–Crippen MR) is 109 cm³/mol. The van der Waals surface area contributed by atoms with Crippen LogP contribution in [0.3, 0.4) is 0 Å². The van der Waals surface area contributed by atoms with Crippen molar-refractivity contribution < 1.29 is 14.0 Å². The number of benzene rings is 2. The summed E-state index contributed by atoms with van der Waals surface area (Å²) in [7, 11) is 0. The minimum atomic E-state index is -0.418. The minimum absolute atomic E-state index is 0.253. The van der Waals surface area contributed by atoms with Crippen LogP contribution in [0.1, 0.15) is 22.3 Å². The number of aryl methyl sites for hydroxylation is 2. The van der Waals surface area contributed by atoms with Crippen LogP contribution in [0, 0.1) is 12.7 Å². The van der Waals surface area contributed by atoms with E-state index in [0.717, 1.165) is 24.0 Å². The average molecular weight is 397 g/mol. The number of para-hydroxylation sites is 2. The molecule has 0 unspecified atom stereocenters. The summed E-state index contributed by atoms with van der Waals surface area (Å²) in [6.07, 6.45) is 2.57. The maximum absolute atomic E-state index is 13.5. The van der Waals surface area contributed by atoms with Crippen LogP contribution in [-0.4, -0.2) is 41.1 Å². The van der Waals surface area contributed by atoms with E-state index in [0.29, 0.717) is 12.1 Å². The van der Waals surface area contributed by atoms with Gasteiger partial charge in [0, 0.05) is 31.7 Å². The molecule has 0 aliphatic heterocycles. The van der Waals surface area contributed by atoms with Crippen molar-refractivity contribution >= 4 is 23.0 Å². The Balaban J connectivity index is 1.30. The van der Waals surface area contributed by atoms with Crippen LogP contribution in [0.5, 0.6) is 0 Å². The third kappa shape index (κ3) is 5.54. The lowest BCUT2D eigenvalue weighted by molar-refractivity contribution is 0.0953. The van der Waals surface area contributed by atoms with E-state index in [1.807, 2.05) is 24.3 Å². The molecule has 3 N–H and O–H groups in total. The second-order valence-electron chi connectivity index (χ2n) is 6.68. The summed E-state index contributed by atoms with van der Waals surface area (Å²) in [4.78, 5) is 28.1. The smallest absolute Gasteiger partial charge is 0.314 e. The Morgan fingerprint density at radius 2 is 1.79 bits per heavy atom. The van der Waals surface area contributed by atoms with Crippen LogP contribution >= 0.6 is 0 Å². The lowest BCUT2D eigenvalue weighted by Gasteiger charge is -2.09. The molecule has 0 aliphatic rings. The largest absolute Gasteiger partial charge is 0.350 e. The number of urea groups is 1. The van der Waals surface area contributed by atoms with Gasteiger partial charge in [0.25, 0.3) is 5.91 Å². The Labute approximate surface area is 168 Å². The Morgan fingerprint density at radius 1 is 1.03 bits per heavy atom. The number of amides is 3. The second kappa shape index (κ2) is 9.68. The van der Waals surface area contributed by atoms with Crippen molar-refractivity contribution in [2.45, 2.75) is 19.9 Å². The summed E-state index contributed by atoms with van der Waals surface area (Å²) < 4.78 is 15.6. The molecule has 152 valence electrons. The first-order valence-corrected chi connectivity index (χ1v) is 9.50. The maximum Gasteiger partial charge on any atom is 0.314 e. The molecule has 0 aliphatic carbocycles. The number of nitrogens with one attached hydrogen (secondary N) is 3. The molecule has 0 atom stereocenters. The fourth-order valence-electron chi connectivity index (χ4n) is 2.89. The number of hydrogen-bond acceptors (Lipinski definition) is 3. The van der Waals surface area contributed by atoms with Crippen LogP contribution in [-0.2, 0) is 6.54 Å². The molecule has 1 aromatic heterocycles. The third-order valence-electron chi connectivity index (χ3n) is 4.52. The summed E-state index contributed by atoms with van der Waals surface area (Å²) in [6.45, 7) is 3.44. The van der Waals surface area contributed by atoms with Crippen molar-refractivity contribution in [1.82, 2.24) is 25.5 Å². The first-order chi connectivity index (χ1) is 14.0. The molecule has 2 aromatic carbocycles. The molecular weight excluding hydrogens is 373 g/mol. The van der Waals surface area contributed by atoms with Crippen molar-refractivity contribution in [3.05, 3.63) is 65.7 Å². The molecule has 0 bridgehead atoms. The number of rotatable bonds is 8. The molecule has 3 aromatic rings. The highest BCUT2D eigenvalue weighted by atomic mass is 19.1. The highest BCUT2D eigenvalue weighted by Crippen LogP contribution is 2.12. The molecule has 3 amide bonds. The van der Waals surface area contributed by atoms with Gasteiger partial charge in [-0.1, -0.05) is 18.2 Å². The SMILES string of the molecule is Cc1ccc(C(=O)NCCNC(=O)NCCCn2cnc3ccccc32)cc1F. The zero-order valence-corrected chi connectivity index (χ0v) is 16.2. The average Bonchev–Trinajstić information content (AvgIpc) is 3.13. The zero-order valence-electron chi connectivity index (χ0n) is 16.2. The van der Waals surface area contributed by atoms with Gasteiger partial charge >= 0.3 is 6.03 Å². The summed E-state index contributed by atoms with van der Waals surface area (Å²) in [5, 5.41) is 8.10. The fraction of sp³-hybridized carbons (Fsp3) is 0.286. The number of aromatic nitrogens is 2. The standard InChI is InChI=1S/C21H24FN5O2/c1-15-7-8-16(13-17(15)22)20(28)23-10-11-25-21(29)24-9-4-12-27-14-26-18-5-2-3-6-19(18)27/h2-3,5-8,13-14H,4,9-12H2,1H3,(H,23,28)(H2,24,25,29). The summed E-state index contributed by atoms with van der Waals surface area (Å²) in [6, 6.07) is 11.9. The molecule has 0 fully saturated rings. The van der Waals surface area contributed by atoms with E-state index in [1.54, 1.807) is 25.4 Å². The molecule has 1 heterocycles. The van der Waals surface area contributed by atoms with Gasteiger partial charge in [0.15, 0.2) is 0 Å². The van der Waals surface area contributed by atoms with Crippen LogP contribution in [0.15, 0.2) is 48.8 Å². The lowest BCUT2D eigenvalue weighted by Crippen LogP contribution is -2.40. The van der Waals surface area contributed by atoms with E-state index in [-0.39, 0.29) is 30.6 Å². The first-order valence-electron chi connectivity index (χ1n) is 9.50. The molecule has 3 rings (SSSR count). The molecule has 7 nitrogen and oxygen atoms in total. The van der Waals surface area contributed by atoms with Gasteiger partial charge in [-0.25, -0.2) is 14.2 Å². The van der Waals surface area contributed by atoms with E-state index < -0.39 is 5.82 Å². The van der Waals surface area contributed by atoms with Crippen LogP contribution in [0.2, 0.25) is 0 Å². The third-order valence-corrected chi connectivity index (χ3v) is 4.52. The number of hydrogen-bond donors (Lipinski definition) is 3. The van der Waals surface area contributed by atoms with Crippen LogP contribution in [0.4, 0.5) is 9.18 Å². The number of halogens is 1. The summed E-state index contributed by atoms with van der Waals surface area (Å²) in [5.41, 5.74) is 2.76. The van der Waals surface area contributed by atoms with Crippen molar-refractivity contribution in [1.29, 1.82) is 0 Å².